The Balaban J connectivity index is 2.90. The highest BCUT2D eigenvalue weighted by atomic mass is 16.5. The Hall–Kier alpha value is -2.25. The van der Waals surface area contributed by atoms with Gasteiger partial charge in [-0.1, -0.05) is 66.8 Å². The molecule has 5 unspecified atom stereocenters. The minimum atomic E-state index is -0.619. The number of carbonyl (C=O) groups excluding carboxylic acids is 1. The fourth-order valence-electron chi connectivity index (χ4n) is 3.00. The van der Waals surface area contributed by atoms with Gasteiger partial charge in [0.1, 0.15) is 6.10 Å². The van der Waals surface area contributed by atoms with Crippen molar-refractivity contribution in [2.75, 3.05) is 7.11 Å². The van der Waals surface area contributed by atoms with Crippen LogP contribution in [0.3, 0.4) is 0 Å². The summed E-state index contributed by atoms with van der Waals surface area (Å²) in [6.07, 6.45) is 20.3. The van der Waals surface area contributed by atoms with Crippen molar-refractivity contribution in [1.82, 2.24) is 0 Å². The average Bonchev–Trinajstić information content (AvgIpc) is 2.70. The molecule has 0 aromatic rings. The third-order valence-electron chi connectivity index (χ3n) is 4.54. The van der Waals surface area contributed by atoms with Crippen molar-refractivity contribution in [3.05, 3.63) is 72.9 Å². The Bertz CT molecular complexity index is 671. The van der Waals surface area contributed by atoms with Gasteiger partial charge in [-0.15, -0.1) is 0 Å². The van der Waals surface area contributed by atoms with Crippen LogP contribution >= 0.6 is 0 Å². The van der Waals surface area contributed by atoms with E-state index in [0.29, 0.717) is 32.1 Å². The predicted octanol–water partition coefficient (Wildman–Crippen LogP) is 3.32. The minimum Gasteiger partial charge on any atom is -0.459 e. The van der Waals surface area contributed by atoms with E-state index in [2.05, 4.69) is 0 Å². The lowest BCUT2D eigenvalue weighted by Crippen LogP contribution is -2.26. The van der Waals surface area contributed by atoms with Crippen molar-refractivity contribution in [3.63, 3.8) is 0 Å². The molecule has 1 heterocycles. The first-order valence-corrected chi connectivity index (χ1v) is 10.7. The van der Waals surface area contributed by atoms with E-state index in [0.717, 1.165) is 0 Å². The summed E-state index contributed by atoms with van der Waals surface area (Å²) < 4.78 is 10.9. The van der Waals surface area contributed by atoms with Gasteiger partial charge in [0.2, 0.25) is 0 Å². The summed E-state index contributed by atoms with van der Waals surface area (Å²) in [5.74, 6) is -0.491. The zero-order valence-corrected chi connectivity index (χ0v) is 18.4. The van der Waals surface area contributed by atoms with Crippen molar-refractivity contribution in [3.8, 4) is 0 Å². The van der Waals surface area contributed by atoms with E-state index < -0.39 is 30.4 Å². The van der Waals surface area contributed by atoms with Crippen LogP contribution in [-0.2, 0) is 14.3 Å². The molecule has 0 aromatic carbocycles. The van der Waals surface area contributed by atoms with Gasteiger partial charge in [-0.2, -0.15) is 0 Å². The topological polar surface area (TPSA) is 96.2 Å². The number of aliphatic hydroxyl groups excluding tert-OH is 3. The van der Waals surface area contributed by atoms with Gasteiger partial charge in [-0.25, -0.2) is 4.79 Å². The molecule has 0 radical (unpaired) electrons. The third kappa shape index (κ3) is 14.4. The van der Waals surface area contributed by atoms with E-state index in [4.69, 9.17) is 9.47 Å². The molecule has 0 amide bonds. The van der Waals surface area contributed by atoms with Crippen LogP contribution in [0.4, 0.5) is 0 Å². The van der Waals surface area contributed by atoms with Crippen LogP contribution in [0.25, 0.3) is 0 Å². The van der Waals surface area contributed by atoms with Crippen molar-refractivity contribution in [1.29, 1.82) is 0 Å². The number of cyclic esters (lactones) is 1. The van der Waals surface area contributed by atoms with Crippen molar-refractivity contribution >= 4 is 5.97 Å². The zero-order chi connectivity index (χ0) is 22.9. The third-order valence-corrected chi connectivity index (χ3v) is 4.54. The SMILES string of the molecule is COC1/C=C/C=C/C=C/CC(O)CC(O)C/C=C/C=C/C=C/C(=O)OC(CC(C)O)C1. The van der Waals surface area contributed by atoms with E-state index in [1.54, 1.807) is 44.4 Å². The molecular formula is C25H36O6. The number of hydrogen-bond donors (Lipinski definition) is 3. The quantitative estimate of drug-likeness (QED) is 0.592. The number of aliphatic hydroxyl groups is 3. The minimum absolute atomic E-state index is 0.277. The Morgan fingerprint density at radius 1 is 0.968 bits per heavy atom. The van der Waals surface area contributed by atoms with Gasteiger partial charge < -0.3 is 24.8 Å². The molecule has 0 aliphatic carbocycles. The van der Waals surface area contributed by atoms with Crippen LogP contribution in [0.15, 0.2) is 72.9 Å². The summed E-state index contributed by atoms with van der Waals surface area (Å²) in [6, 6.07) is 0. The maximum Gasteiger partial charge on any atom is 0.331 e. The largest absolute Gasteiger partial charge is 0.459 e. The van der Waals surface area contributed by atoms with Crippen LogP contribution in [0.1, 0.15) is 39.0 Å². The van der Waals surface area contributed by atoms with Crippen LogP contribution < -0.4 is 0 Å². The number of rotatable bonds is 3. The lowest BCUT2D eigenvalue weighted by atomic mass is 10.1. The van der Waals surface area contributed by atoms with E-state index in [1.165, 1.54) is 6.08 Å². The maximum absolute atomic E-state index is 12.1. The summed E-state index contributed by atoms with van der Waals surface area (Å²) in [6.45, 7) is 1.65. The van der Waals surface area contributed by atoms with Gasteiger partial charge in [0.15, 0.2) is 0 Å². The fourth-order valence-corrected chi connectivity index (χ4v) is 3.00. The summed E-state index contributed by atoms with van der Waals surface area (Å²) in [7, 11) is 1.58. The Labute approximate surface area is 185 Å². The average molecular weight is 433 g/mol. The van der Waals surface area contributed by atoms with Crippen LogP contribution in [0, 0.1) is 0 Å². The van der Waals surface area contributed by atoms with Crippen molar-refractivity contribution in [2.24, 2.45) is 0 Å². The molecule has 6 nitrogen and oxygen atoms in total. The second-order valence-corrected chi connectivity index (χ2v) is 7.54. The molecule has 0 fully saturated rings. The lowest BCUT2D eigenvalue weighted by Gasteiger charge is -2.21. The number of hydrogen-bond acceptors (Lipinski definition) is 6. The highest BCUT2D eigenvalue weighted by molar-refractivity contribution is 5.82. The number of allylic oxidation sites excluding steroid dienone is 8. The van der Waals surface area contributed by atoms with Gasteiger partial charge in [0.05, 0.1) is 24.4 Å². The first-order valence-electron chi connectivity index (χ1n) is 10.7. The van der Waals surface area contributed by atoms with Gasteiger partial charge >= 0.3 is 5.97 Å². The van der Waals surface area contributed by atoms with Crippen molar-refractivity contribution < 1.29 is 29.6 Å². The van der Waals surface area contributed by atoms with E-state index in [9.17, 15) is 20.1 Å². The summed E-state index contributed by atoms with van der Waals surface area (Å²) >= 11 is 0. The number of carbonyl (C=O) groups is 1. The van der Waals surface area contributed by atoms with Gasteiger partial charge in [0, 0.05) is 26.0 Å². The molecule has 5 atom stereocenters. The van der Waals surface area contributed by atoms with E-state index >= 15 is 0 Å². The van der Waals surface area contributed by atoms with Gasteiger partial charge in [-0.05, 0) is 26.2 Å². The highest BCUT2D eigenvalue weighted by Crippen LogP contribution is 2.14. The molecule has 0 aromatic heterocycles. The molecule has 31 heavy (non-hydrogen) atoms. The predicted molar refractivity (Wildman–Crippen MR) is 122 cm³/mol. The van der Waals surface area contributed by atoms with Crippen LogP contribution in [-0.4, -0.2) is 58.9 Å². The molecule has 172 valence electrons. The molecular weight excluding hydrogens is 396 g/mol. The Kier molecular flexibility index (Phi) is 14.2. The highest BCUT2D eigenvalue weighted by Gasteiger charge is 2.19. The fraction of sp³-hybridized carbons (Fsp3) is 0.480. The zero-order valence-electron chi connectivity index (χ0n) is 18.4. The van der Waals surface area contributed by atoms with Gasteiger partial charge in [0.25, 0.3) is 0 Å². The number of esters is 1. The number of methoxy groups -OCH3 is 1. The second kappa shape index (κ2) is 16.4. The van der Waals surface area contributed by atoms with Crippen LogP contribution in [0.2, 0.25) is 0 Å². The molecule has 3 N–H and O–H groups in total. The molecule has 0 bridgehead atoms. The molecule has 1 aliphatic rings. The lowest BCUT2D eigenvalue weighted by molar-refractivity contribution is -0.145. The summed E-state index contributed by atoms with van der Waals surface area (Å²) in [5.41, 5.74) is 0. The van der Waals surface area contributed by atoms with E-state index in [-0.39, 0.29) is 6.10 Å². The molecule has 1 rings (SSSR count). The molecule has 0 spiro atoms. The van der Waals surface area contributed by atoms with Gasteiger partial charge in [-0.3, -0.25) is 0 Å². The Morgan fingerprint density at radius 3 is 2.13 bits per heavy atom. The molecule has 6 heteroatoms. The smallest absolute Gasteiger partial charge is 0.331 e. The molecule has 1 aliphatic heterocycles. The molecule has 0 saturated carbocycles. The van der Waals surface area contributed by atoms with E-state index in [1.807, 2.05) is 36.5 Å². The first kappa shape index (κ1) is 26.8. The molecule has 0 saturated heterocycles. The summed E-state index contributed by atoms with van der Waals surface area (Å²) in [4.78, 5) is 12.1. The normalized spacial score (nSPS) is 34.2. The standard InChI is InChI=1S/C25H36O6/c1-20(26)17-24-19-23(30-2)15-11-7-3-5-9-13-21(27)18-22(28)14-10-6-4-8-12-16-25(29)31-24/h3-12,15-16,20-24,26-28H,13-14,17-19H2,1-2H3/b7-3+,8-4+,9-5+,10-6+,15-11+,16-12+. The number of ether oxygens (including phenoxy) is 2. The first-order chi connectivity index (χ1) is 14.9. The summed E-state index contributed by atoms with van der Waals surface area (Å²) in [5, 5.41) is 29.7. The second-order valence-electron chi connectivity index (χ2n) is 7.54. The van der Waals surface area contributed by atoms with Crippen LogP contribution in [0.5, 0.6) is 0 Å². The van der Waals surface area contributed by atoms with Crippen molar-refractivity contribution in [2.45, 2.75) is 69.5 Å². The maximum atomic E-state index is 12.1. The monoisotopic (exact) mass is 432 g/mol. The Morgan fingerprint density at radius 2 is 1.55 bits per heavy atom.